The first-order valence-electron chi connectivity index (χ1n) is 11.7. The van der Waals surface area contributed by atoms with E-state index in [0.717, 1.165) is 33.8 Å². The summed E-state index contributed by atoms with van der Waals surface area (Å²) in [5.41, 5.74) is 10.4. The van der Waals surface area contributed by atoms with Gasteiger partial charge in [0.1, 0.15) is 30.5 Å². The van der Waals surface area contributed by atoms with Crippen molar-refractivity contribution in [2.45, 2.75) is 13.0 Å². The molecule has 0 saturated heterocycles. The first-order chi connectivity index (χ1) is 17.6. The molecule has 4 rings (SSSR count). The van der Waals surface area contributed by atoms with Gasteiger partial charge in [0.05, 0.1) is 6.61 Å². The van der Waals surface area contributed by atoms with Gasteiger partial charge in [-0.15, -0.1) is 6.58 Å². The van der Waals surface area contributed by atoms with Crippen molar-refractivity contribution in [1.82, 2.24) is 0 Å². The van der Waals surface area contributed by atoms with E-state index in [0.29, 0.717) is 25.2 Å². The summed E-state index contributed by atoms with van der Waals surface area (Å²) in [5.74, 6) is 1.74. The zero-order valence-corrected chi connectivity index (χ0v) is 20.3. The molecule has 36 heavy (non-hydrogen) atoms. The zero-order valence-electron chi connectivity index (χ0n) is 20.3. The number of benzene rings is 4. The SMILES string of the molecule is C=CCc1cc(-c2ccc(C(=N)N)cc2)ccc1OCCOc1ccccc1.OCc1ccccc1. The Labute approximate surface area is 213 Å². The maximum Gasteiger partial charge on any atom is 0.123 e. The Bertz CT molecular complexity index is 1220. The maximum atomic E-state index is 8.54. The van der Waals surface area contributed by atoms with Crippen LogP contribution in [0.1, 0.15) is 16.7 Å². The largest absolute Gasteiger partial charge is 0.490 e. The number of rotatable bonds is 10. The number of para-hydroxylation sites is 1. The standard InChI is InChI=1S/C24H24N2O2.C7H8O/c1-2-6-21-17-20(18-9-11-19(12-10-18)24(25)26)13-14-23(21)28-16-15-27-22-7-4-3-5-8-22;8-6-7-4-2-1-3-5-7/h2-5,7-14,17H,1,6,15-16H2,(H3,25,26);1-5,8H,6H2. The summed E-state index contributed by atoms with van der Waals surface area (Å²) < 4.78 is 11.6. The fourth-order valence-electron chi connectivity index (χ4n) is 3.47. The molecule has 4 aromatic carbocycles. The predicted octanol–water partition coefficient (Wildman–Crippen LogP) is 6.00. The number of aliphatic hydroxyl groups excluding tert-OH is 1. The fourth-order valence-corrected chi connectivity index (χ4v) is 3.47. The Kier molecular flexibility index (Phi) is 10.3. The molecule has 0 bridgehead atoms. The monoisotopic (exact) mass is 480 g/mol. The molecular weight excluding hydrogens is 448 g/mol. The molecule has 5 heteroatoms. The summed E-state index contributed by atoms with van der Waals surface area (Å²) in [5, 5.41) is 16.0. The van der Waals surface area contributed by atoms with Crippen molar-refractivity contribution in [2.24, 2.45) is 5.73 Å². The van der Waals surface area contributed by atoms with Crippen LogP contribution < -0.4 is 15.2 Å². The molecule has 0 aliphatic heterocycles. The Hall–Kier alpha value is -4.35. The van der Waals surface area contributed by atoms with E-state index in [1.54, 1.807) is 0 Å². The average Bonchev–Trinajstić information content (AvgIpc) is 2.93. The number of hydrogen-bond acceptors (Lipinski definition) is 4. The first-order valence-corrected chi connectivity index (χ1v) is 11.7. The van der Waals surface area contributed by atoms with Gasteiger partial charge in [-0.05, 0) is 52.9 Å². The quantitative estimate of drug-likeness (QED) is 0.112. The minimum atomic E-state index is 0.0698. The third-order valence-electron chi connectivity index (χ3n) is 5.33. The van der Waals surface area contributed by atoms with Crippen LogP contribution in [0.4, 0.5) is 0 Å². The number of ether oxygens (including phenoxy) is 2. The molecule has 4 N–H and O–H groups in total. The second-order valence-electron chi connectivity index (χ2n) is 7.96. The molecule has 0 aromatic heterocycles. The predicted molar refractivity (Wildman–Crippen MR) is 147 cm³/mol. The molecule has 184 valence electrons. The molecule has 4 aromatic rings. The van der Waals surface area contributed by atoms with Gasteiger partial charge in [0.25, 0.3) is 0 Å². The van der Waals surface area contributed by atoms with Crippen LogP contribution in [0.5, 0.6) is 11.5 Å². The molecule has 0 aliphatic rings. The van der Waals surface area contributed by atoms with Gasteiger partial charge in [-0.3, -0.25) is 5.41 Å². The Morgan fingerprint density at radius 1 is 0.806 bits per heavy atom. The first kappa shape index (κ1) is 26.3. The number of allylic oxidation sites excluding steroid dienone is 1. The third-order valence-corrected chi connectivity index (χ3v) is 5.33. The number of hydrogen-bond donors (Lipinski definition) is 3. The van der Waals surface area contributed by atoms with Crippen LogP contribution >= 0.6 is 0 Å². The number of amidine groups is 1. The second kappa shape index (κ2) is 14.1. The summed E-state index contributed by atoms with van der Waals surface area (Å²) >= 11 is 0. The van der Waals surface area contributed by atoms with Crippen LogP contribution in [0.2, 0.25) is 0 Å². The second-order valence-corrected chi connectivity index (χ2v) is 7.96. The van der Waals surface area contributed by atoms with Crippen molar-refractivity contribution in [3.8, 4) is 22.6 Å². The van der Waals surface area contributed by atoms with E-state index in [1.165, 1.54) is 0 Å². The van der Waals surface area contributed by atoms with Crippen molar-refractivity contribution in [2.75, 3.05) is 13.2 Å². The van der Waals surface area contributed by atoms with Crippen molar-refractivity contribution in [1.29, 1.82) is 5.41 Å². The molecular formula is C31H32N2O3. The number of aliphatic hydroxyl groups is 1. The van der Waals surface area contributed by atoms with E-state index in [-0.39, 0.29) is 12.4 Å². The molecule has 5 nitrogen and oxygen atoms in total. The Morgan fingerprint density at radius 3 is 2.00 bits per heavy atom. The molecule has 0 aliphatic carbocycles. The highest BCUT2D eigenvalue weighted by Crippen LogP contribution is 2.28. The van der Waals surface area contributed by atoms with E-state index in [4.69, 9.17) is 25.7 Å². The number of nitrogens with two attached hydrogens (primary N) is 1. The van der Waals surface area contributed by atoms with Crippen molar-refractivity contribution in [3.63, 3.8) is 0 Å². The van der Waals surface area contributed by atoms with Crippen LogP contribution in [0.25, 0.3) is 11.1 Å². The lowest BCUT2D eigenvalue weighted by molar-refractivity contribution is 0.216. The minimum absolute atomic E-state index is 0.0698. The van der Waals surface area contributed by atoms with Crippen LogP contribution in [-0.4, -0.2) is 24.2 Å². The van der Waals surface area contributed by atoms with Crippen LogP contribution in [0.15, 0.2) is 116 Å². The van der Waals surface area contributed by atoms with Gasteiger partial charge >= 0.3 is 0 Å². The molecule has 0 spiro atoms. The van der Waals surface area contributed by atoms with E-state index in [9.17, 15) is 0 Å². The average molecular weight is 481 g/mol. The normalized spacial score (nSPS) is 10.0. The fraction of sp³-hybridized carbons (Fsp3) is 0.129. The molecule has 0 fully saturated rings. The highest BCUT2D eigenvalue weighted by molar-refractivity contribution is 5.95. The maximum absolute atomic E-state index is 8.54. The summed E-state index contributed by atoms with van der Waals surface area (Å²) in [6.45, 7) is 4.93. The number of nitrogen functional groups attached to an aromatic ring is 1. The van der Waals surface area contributed by atoms with Gasteiger partial charge < -0.3 is 20.3 Å². The van der Waals surface area contributed by atoms with Crippen LogP contribution in [-0.2, 0) is 13.0 Å². The summed E-state index contributed by atoms with van der Waals surface area (Å²) in [4.78, 5) is 0. The van der Waals surface area contributed by atoms with Gasteiger partial charge in [-0.1, -0.05) is 84.9 Å². The van der Waals surface area contributed by atoms with Gasteiger partial charge in [-0.2, -0.15) is 0 Å². The lowest BCUT2D eigenvalue weighted by Gasteiger charge is -2.13. The van der Waals surface area contributed by atoms with E-state index in [2.05, 4.69) is 12.6 Å². The van der Waals surface area contributed by atoms with Crippen molar-refractivity contribution in [3.05, 3.63) is 132 Å². The molecule has 0 heterocycles. The van der Waals surface area contributed by atoms with E-state index >= 15 is 0 Å². The Morgan fingerprint density at radius 2 is 1.42 bits per heavy atom. The smallest absolute Gasteiger partial charge is 0.123 e. The molecule has 0 atom stereocenters. The van der Waals surface area contributed by atoms with E-state index < -0.39 is 0 Å². The summed E-state index contributed by atoms with van der Waals surface area (Å²) in [6, 6.07) is 33.0. The molecule has 0 amide bonds. The van der Waals surface area contributed by atoms with Gasteiger partial charge in [0.2, 0.25) is 0 Å². The van der Waals surface area contributed by atoms with Crippen LogP contribution in [0, 0.1) is 5.41 Å². The molecule has 0 saturated carbocycles. The topological polar surface area (TPSA) is 88.6 Å². The molecule has 0 unspecified atom stereocenters. The number of nitrogens with one attached hydrogen (secondary N) is 1. The minimum Gasteiger partial charge on any atom is -0.490 e. The summed E-state index contributed by atoms with van der Waals surface area (Å²) in [7, 11) is 0. The highest BCUT2D eigenvalue weighted by atomic mass is 16.5. The zero-order chi connectivity index (χ0) is 25.6. The van der Waals surface area contributed by atoms with Crippen molar-refractivity contribution >= 4 is 5.84 Å². The third kappa shape index (κ3) is 8.15. The van der Waals surface area contributed by atoms with Gasteiger partial charge in [-0.25, -0.2) is 0 Å². The van der Waals surface area contributed by atoms with Crippen molar-refractivity contribution < 1.29 is 14.6 Å². The van der Waals surface area contributed by atoms with Crippen LogP contribution in [0.3, 0.4) is 0 Å². The lowest BCUT2D eigenvalue weighted by atomic mass is 9.99. The van der Waals surface area contributed by atoms with E-state index in [1.807, 2.05) is 103 Å². The van der Waals surface area contributed by atoms with Gasteiger partial charge in [0, 0.05) is 5.56 Å². The van der Waals surface area contributed by atoms with Gasteiger partial charge in [0.15, 0.2) is 0 Å². The lowest BCUT2D eigenvalue weighted by Crippen LogP contribution is -2.10. The Balaban J connectivity index is 0.000000383. The molecule has 0 radical (unpaired) electrons. The highest BCUT2D eigenvalue weighted by Gasteiger charge is 2.07. The summed E-state index contributed by atoms with van der Waals surface area (Å²) in [6.07, 6.45) is 2.58.